The van der Waals surface area contributed by atoms with Crippen LogP contribution in [-0.4, -0.2) is 4.98 Å². The van der Waals surface area contributed by atoms with Crippen LogP contribution in [0.2, 0.25) is 0 Å². The standard InChI is InChI=1S/C12H13N.C2H6/c1-9-8-12(13-10(9)2)11-6-4-3-5-7-11;1-2/h3-8,13H,1-2H3;1-2H3. The van der Waals surface area contributed by atoms with E-state index in [1.165, 1.54) is 22.5 Å². The first-order valence-corrected chi connectivity index (χ1v) is 5.49. The van der Waals surface area contributed by atoms with Crippen LogP contribution in [0.3, 0.4) is 0 Å². The van der Waals surface area contributed by atoms with Gasteiger partial charge in [0.2, 0.25) is 0 Å². The van der Waals surface area contributed by atoms with Crippen molar-refractivity contribution >= 4 is 0 Å². The Labute approximate surface area is 92.2 Å². The molecular weight excluding hydrogens is 182 g/mol. The number of rotatable bonds is 1. The summed E-state index contributed by atoms with van der Waals surface area (Å²) in [6.07, 6.45) is 0. The van der Waals surface area contributed by atoms with Crippen molar-refractivity contribution in [2.45, 2.75) is 27.7 Å². The molecule has 1 heterocycles. The van der Waals surface area contributed by atoms with Crippen molar-refractivity contribution in [1.82, 2.24) is 4.98 Å². The molecule has 0 aliphatic rings. The topological polar surface area (TPSA) is 15.8 Å². The quantitative estimate of drug-likeness (QED) is 0.707. The van der Waals surface area contributed by atoms with Crippen LogP contribution >= 0.6 is 0 Å². The summed E-state index contributed by atoms with van der Waals surface area (Å²) < 4.78 is 0. The van der Waals surface area contributed by atoms with Crippen molar-refractivity contribution in [3.63, 3.8) is 0 Å². The van der Waals surface area contributed by atoms with Crippen LogP contribution in [0, 0.1) is 13.8 Å². The van der Waals surface area contributed by atoms with Crippen molar-refractivity contribution in [3.05, 3.63) is 47.7 Å². The summed E-state index contributed by atoms with van der Waals surface area (Å²) in [5.41, 5.74) is 5.02. The lowest BCUT2D eigenvalue weighted by atomic mass is 10.1. The van der Waals surface area contributed by atoms with Crippen molar-refractivity contribution < 1.29 is 0 Å². The highest BCUT2D eigenvalue weighted by Gasteiger charge is 2.01. The van der Waals surface area contributed by atoms with Gasteiger partial charge in [-0.2, -0.15) is 0 Å². The van der Waals surface area contributed by atoms with E-state index in [1.807, 2.05) is 19.9 Å². The second-order valence-corrected chi connectivity index (χ2v) is 3.36. The second-order valence-electron chi connectivity index (χ2n) is 3.36. The van der Waals surface area contributed by atoms with Crippen LogP contribution in [0.1, 0.15) is 25.1 Å². The third-order valence-corrected chi connectivity index (χ3v) is 2.36. The van der Waals surface area contributed by atoms with Gasteiger partial charge in [-0.3, -0.25) is 0 Å². The van der Waals surface area contributed by atoms with Gasteiger partial charge in [0.15, 0.2) is 0 Å². The predicted molar refractivity (Wildman–Crippen MR) is 67.1 cm³/mol. The van der Waals surface area contributed by atoms with Crippen LogP contribution < -0.4 is 0 Å². The Morgan fingerprint density at radius 2 is 1.53 bits per heavy atom. The lowest BCUT2D eigenvalue weighted by Gasteiger charge is -1.95. The fourth-order valence-corrected chi connectivity index (χ4v) is 1.43. The molecule has 0 fully saturated rings. The number of aromatic amines is 1. The average molecular weight is 201 g/mol. The van der Waals surface area contributed by atoms with Gasteiger partial charge in [-0.25, -0.2) is 0 Å². The maximum absolute atomic E-state index is 3.36. The summed E-state index contributed by atoms with van der Waals surface area (Å²) >= 11 is 0. The zero-order valence-electron chi connectivity index (χ0n) is 9.96. The zero-order chi connectivity index (χ0) is 11.3. The maximum atomic E-state index is 3.36. The minimum Gasteiger partial charge on any atom is -0.358 e. The molecule has 0 amide bonds. The van der Waals surface area contributed by atoms with Crippen molar-refractivity contribution in [2.75, 3.05) is 0 Å². The molecule has 0 spiro atoms. The van der Waals surface area contributed by atoms with Crippen LogP contribution in [0.4, 0.5) is 0 Å². The molecule has 0 atom stereocenters. The second kappa shape index (κ2) is 5.40. The van der Waals surface area contributed by atoms with Crippen LogP contribution in [0.15, 0.2) is 36.4 Å². The summed E-state index contributed by atoms with van der Waals surface area (Å²) in [4.78, 5) is 3.36. The van der Waals surface area contributed by atoms with E-state index in [9.17, 15) is 0 Å². The van der Waals surface area contributed by atoms with E-state index in [-0.39, 0.29) is 0 Å². The smallest absolute Gasteiger partial charge is 0.0458 e. The normalized spacial score (nSPS) is 9.33. The highest BCUT2D eigenvalue weighted by molar-refractivity contribution is 5.60. The summed E-state index contributed by atoms with van der Waals surface area (Å²) in [6, 6.07) is 12.6. The average Bonchev–Trinajstić information content (AvgIpc) is 2.63. The van der Waals surface area contributed by atoms with E-state index in [2.05, 4.69) is 49.2 Å². The lowest BCUT2D eigenvalue weighted by Crippen LogP contribution is -1.76. The molecule has 0 saturated carbocycles. The summed E-state index contributed by atoms with van der Waals surface area (Å²) in [5, 5.41) is 0. The Morgan fingerprint density at radius 1 is 0.933 bits per heavy atom. The number of H-pyrrole nitrogens is 1. The minimum atomic E-state index is 1.20. The predicted octanol–water partition coefficient (Wildman–Crippen LogP) is 4.32. The monoisotopic (exact) mass is 201 g/mol. The molecular formula is C14H19N. The number of nitrogens with one attached hydrogen (secondary N) is 1. The third kappa shape index (κ3) is 2.72. The first kappa shape index (κ1) is 11.6. The number of aryl methyl sites for hydroxylation is 2. The molecule has 0 aliphatic carbocycles. The van der Waals surface area contributed by atoms with Gasteiger partial charge < -0.3 is 4.98 Å². The first-order chi connectivity index (χ1) is 7.27. The van der Waals surface area contributed by atoms with E-state index in [4.69, 9.17) is 0 Å². The fraction of sp³-hybridized carbons (Fsp3) is 0.286. The highest BCUT2D eigenvalue weighted by atomic mass is 14.7. The molecule has 0 radical (unpaired) electrons. The van der Waals surface area contributed by atoms with Crippen LogP contribution in [0.25, 0.3) is 11.3 Å². The number of benzene rings is 1. The first-order valence-electron chi connectivity index (χ1n) is 5.49. The van der Waals surface area contributed by atoms with E-state index < -0.39 is 0 Å². The van der Waals surface area contributed by atoms with Gasteiger partial charge in [0, 0.05) is 11.4 Å². The van der Waals surface area contributed by atoms with E-state index in [0.29, 0.717) is 0 Å². The Balaban J connectivity index is 0.000000531. The molecule has 2 aromatic rings. The maximum Gasteiger partial charge on any atom is 0.0458 e. The summed E-state index contributed by atoms with van der Waals surface area (Å²) in [5.74, 6) is 0. The molecule has 1 aromatic heterocycles. The Hall–Kier alpha value is -1.50. The van der Waals surface area contributed by atoms with Gasteiger partial charge in [-0.05, 0) is 31.0 Å². The van der Waals surface area contributed by atoms with Crippen LogP contribution in [0.5, 0.6) is 0 Å². The summed E-state index contributed by atoms with van der Waals surface area (Å²) in [6.45, 7) is 8.22. The molecule has 1 N–H and O–H groups in total. The van der Waals surface area contributed by atoms with Gasteiger partial charge in [-0.15, -0.1) is 0 Å². The molecule has 2 rings (SSSR count). The molecule has 1 nitrogen and oxygen atoms in total. The van der Waals surface area contributed by atoms with Gasteiger partial charge in [0.25, 0.3) is 0 Å². The van der Waals surface area contributed by atoms with Crippen LogP contribution in [-0.2, 0) is 0 Å². The molecule has 1 heteroatoms. The molecule has 0 unspecified atom stereocenters. The fourth-order valence-electron chi connectivity index (χ4n) is 1.43. The largest absolute Gasteiger partial charge is 0.358 e. The highest BCUT2D eigenvalue weighted by Crippen LogP contribution is 2.20. The molecule has 0 saturated heterocycles. The van der Waals surface area contributed by atoms with E-state index in [0.717, 1.165) is 0 Å². The third-order valence-electron chi connectivity index (χ3n) is 2.36. The number of hydrogen-bond donors (Lipinski definition) is 1. The van der Waals surface area contributed by atoms with E-state index in [1.54, 1.807) is 0 Å². The van der Waals surface area contributed by atoms with Gasteiger partial charge >= 0.3 is 0 Å². The van der Waals surface area contributed by atoms with Gasteiger partial charge in [-0.1, -0.05) is 44.2 Å². The molecule has 15 heavy (non-hydrogen) atoms. The molecule has 80 valence electrons. The summed E-state index contributed by atoms with van der Waals surface area (Å²) in [7, 11) is 0. The number of hydrogen-bond acceptors (Lipinski definition) is 0. The van der Waals surface area contributed by atoms with Crippen molar-refractivity contribution in [1.29, 1.82) is 0 Å². The molecule has 0 bridgehead atoms. The van der Waals surface area contributed by atoms with Crippen molar-refractivity contribution in [3.8, 4) is 11.3 Å². The Kier molecular flexibility index (Phi) is 4.17. The van der Waals surface area contributed by atoms with Gasteiger partial charge in [0.1, 0.15) is 0 Å². The SMILES string of the molecule is CC.Cc1cc(-c2ccccc2)[nH]c1C. The van der Waals surface area contributed by atoms with Crippen molar-refractivity contribution in [2.24, 2.45) is 0 Å². The van der Waals surface area contributed by atoms with E-state index >= 15 is 0 Å². The number of aromatic nitrogens is 1. The zero-order valence-corrected chi connectivity index (χ0v) is 9.96. The lowest BCUT2D eigenvalue weighted by molar-refractivity contribution is 1.23. The minimum absolute atomic E-state index is 1.20. The Bertz CT molecular complexity index is 379. The molecule has 0 aliphatic heterocycles. The molecule has 1 aromatic carbocycles. The Morgan fingerprint density at radius 3 is 2.00 bits per heavy atom. The van der Waals surface area contributed by atoms with Gasteiger partial charge in [0.05, 0.1) is 0 Å².